The van der Waals surface area contributed by atoms with Crippen molar-refractivity contribution in [1.29, 1.82) is 0 Å². The lowest BCUT2D eigenvalue weighted by molar-refractivity contribution is -0.135. The third-order valence-electron chi connectivity index (χ3n) is 4.77. The molecule has 1 heterocycles. The van der Waals surface area contributed by atoms with Crippen LogP contribution in [0.5, 0.6) is 5.75 Å². The van der Waals surface area contributed by atoms with Gasteiger partial charge in [0.2, 0.25) is 0 Å². The first-order chi connectivity index (χ1) is 11.5. The molecule has 6 nitrogen and oxygen atoms in total. The summed E-state index contributed by atoms with van der Waals surface area (Å²) in [5.41, 5.74) is 2.42. The van der Waals surface area contributed by atoms with Gasteiger partial charge in [-0.2, -0.15) is 0 Å². The van der Waals surface area contributed by atoms with Crippen LogP contribution < -0.4 is 10.1 Å². The van der Waals surface area contributed by atoms with Gasteiger partial charge < -0.3 is 19.7 Å². The van der Waals surface area contributed by atoms with Gasteiger partial charge in [0, 0.05) is 22.6 Å². The fraction of sp³-hybridized carbons (Fsp3) is 0.444. The second kappa shape index (κ2) is 6.55. The van der Waals surface area contributed by atoms with Crippen LogP contribution >= 0.6 is 0 Å². The molecule has 3 rings (SSSR count). The predicted molar refractivity (Wildman–Crippen MR) is 90.7 cm³/mol. The number of carboxylic acid groups (broad SMARTS) is 1. The fourth-order valence-electron chi connectivity index (χ4n) is 3.71. The number of hydrogen-bond acceptors (Lipinski definition) is 3. The Bertz CT molecular complexity index is 788. The highest BCUT2D eigenvalue weighted by Crippen LogP contribution is 2.37. The van der Waals surface area contributed by atoms with Crippen molar-refractivity contribution in [1.82, 2.24) is 9.88 Å². The first kappa shape index (κ1) is 16.4. The lowest BCUT2D eigenvalue weighted by atomic mass is 10.1. The van der Waals surface area contributed by atoms with E-state index in [1.807, 2.05) is 25.1 Å². The quantitative estimate of drug-likeness (QED) is 0.883. The lowest BCUT2D eigenvalue weighted by Crippen LogP contribution is -2.29. The molecule has 0 saturated heterocycles. The number of hydrogen-bond donors (Lipinski definition) is 2. The zero-order valence-corrected chi connectivity index (χ0v) is 14.0. The van der Waals surface area contributed by atoms with Crippen LogP contribution in [-0.4, -0.2) is 35.2 Å². The zero-order valence-electron chi connectivity index (χ0n) is 14.0. The topological polar surface area (TPSA) is 80.6 Å². The number of fused-ring (bicyclic) bond motifs is 1. The van der Waals surface area contributed by atoms with Crippen LogP contribution in [-0.2, 0) is 4.79 Å². The Labute approximate surface area is 140 Å². The molecule has 0 bridgehead atoms. The van der Waals surface area contributed by atoms with Crippen molar-refractivity contribution in [3.63, 3.8) is 0 Å². The number of amides is 1. The third kappa shape index (κ3) is 2.84. The summed E-state index contributed by atoms with van der Waals surface area (Å²) < 4.78 is 7.53. The van der Waals surface area contributed by atoms with Crippen molar-refractivity contribution in [3.8, 4) is 5.75 Å². The second-order valence-corrected chi connectivity index (χ2v) is 6.23. The number of nitrogens with one attached hydrogen (secondary N) is 1. The van der Waals surface area contributed by atoms with Gasteiger partial charge in [0.1, 0.15) is 12.3 Å². The molecule has 0 spiro atoms. The molecule has 6 heteroatoms. The largest absolute Gasteiger partial charge is 0.497 e. The van der Waals surface area contributed by atoms with E-state index in [1.54, 1.807) is 7.11 Å². The van der Waals surface area contributed by atoms with Crippen molar-refractivity contribution >= 4 is 22.8 Å². The number of methoxy groups -OCH3 is 1. The van der Waals surface area contributed by atoms with Gasteiger partial charge in [-0.05, 0) is 38.0 Å². The van der Waals surface area contributed by atoms with E-state index in [2.05, 4.69) is 9.88 Å². The van der Waals surface area contributed by atoms with Crippen molar-refractivity contribution < 1.29 is 19.4 Å². The van der Waals surface area contributed by atoms with E-state index in [4.69, 9.17) is 9.84 Å². The number of carbonyl (C=O) groups excluding carboxylic acids is 1. The Morgan fingerprint density at radius 2 is 2.04 bits per heavy atom. The molecule has 128 valence electrons. The third-order valence-corrected chi connectivity index (χ3v) is 4.77. The molecule has 0 radical (unpaired) electrons. The molecule has 1 aromatic carbocycles. The van der Waals surface area contributed by atoms with Gasteiger partial charge in [-0.1, -0.05) is 12.8 Å². The maximum absolute atomic E-state index is 12.6. The van der Waals surface area contributed by atoms with E-state index in [9.17, 15) is 9.59 Å². The number of aliphatic carboxylic acids is 1. The number of aromatic nitrogens is 1. The Morgan fingerprint density at radius 3 is 2.67 bits per heavy atom. The minimum atomic E-state index is -1.06. The Kier molecular flexibility index (Phi) is 4.46. The molecule has 0 unspecified atom stereocenters. The van der Waals surface area contributed by atoms with Crippen molar-refractivity contribution in [3.05, 3.63) is 29.5 Å². The molecule has 1 saturated carbocycles. The van der Waals surface area contributed by atoms with Gasteiger partial charge in [-0.15, -0.1) is 0 Å². The monoisotopic (exact) mass is 330 g/mol. The van der Waals surface area contributed by atoms with E-state index in [0.29, 0.717) is 17.4 Å². The number of carboxylic acids is 1. The molecule has 2 N–H and O–H groups in total. The van der Waals surface area contributed by atoms with Gasteiger partial charge >= 0.3 is 5.97 Å². The molecule has 1 aromatic heterocycles. The van der Waals surface area contributed by atoms with Crippen LogP contribution in [0.3, 0.4) is 0 Å². The lowest BCUT2D eigenvalue weighted by Gasteiger charge is -2.16. The fourth-order valence-corrected chi connectivity index (χ4v) is 3.71. The highest BCUT2D eigenvalue weighted by atomic mass is 16.5. The SMILES string of the molecule is COc1ccc2c(c1)c(C(=O)NCC(=O)O)c(C)n2C1CCCC1. The van der Waals surface area contributed by atoms with Crippen LogP contribution in [0.2, 0.25) is 0 Å². The smallest absolute Gasteiger partial charge is 0.322 e. The van der Waals surface area contributed by atoms with Gasteiger partial charge in [-0.25, -0.2) is 0 Å². The van der Waals surface area contributed by atoms with Crippen molar-refractivity contribution in [2.45, 2.75) is 38.6 Å². The molecular formula is C18H22N2O4. The molecular weight excluding hydrogens is 308 g/mol. The average molecular weight is 330 g/mol. The van der Waals surface area contributed by atoms with Gasteiger partial charge in [0.05, 0.1) is 12.7 Å². The van der Waals surface area contributed by atoms with E-state index in [1.165, 1.54) is 12.8 Å². The van der Waals surface area contributed by atoms with Crippen LogP contribution in [0.15, 0.2) is 18.2 Å². The van der Waals surface area contributed by atoms with Crippen LogP contribution in [0.25, 0.3) is 10.9 Å². The number of rotatable bonds is 5. The Morgan fingerprint density at radius 1 is 1.33 bits per heavy atom. The van der Waals surface area contributed by atoms with E-state index in [-0.39, 0.29) is 5.91 Å². The standard InChI is InChI=1S/C18H22N2O4/c1-11-17(18(23)19-10-16(21)22)14-9-13(24-2)7-8-15(14)20(11)12-5-3-4-6-12/h7-9,12H,3-6,10H2,1-2H3,(H,19,23)(H,21,22). The van der Waals surface area contributed by atoms with Crippen LogP contribution in [0, 0.1) is 6.92 Å². The minimum Gasteiger partial charge on any atom is -0.497 e. The molecule has 0 aliphatic heterocycles. The highest BCUT2D eigenvalue weighted by molar-refractivity contribution is 6.09. The summed E-state index contributed by atoms with van der Waals surface area (Å²) in [7, 11) is 1.59. The molecule has 1 fully saturated rings. The first-order valence-electron chi connectivity index (χ1n) is 8.21. The van der Waals surface area contributed by atoms with Crippen LogP contribution in [0.4, 0.5) is 0 Å². The van der Waals surface area contributed by atoms with E-state index < -0.39 is 12.5 Å². The van der Waals surface area contributed by atoms with Crippen LogP contribution in [0.1, 0.15) is 47.8 Å². The number of carbonyl (C=O) groups is 2. The predicted octanol–water partition coefficient (Wildman–Crippen LogP) is 2.89. The summed E-state index contributed by atoms with van der Waals surface area (Å²) in [5, 5.41) is 12.1. The summed E-state index contributed by atoms with van der Waals surface area (Å²) in [6.45, 7) is 1.54. The zero-order chi connectivity index (χ0) is 17.3. The highest BCUT2D eigenvalue weighted by Gasteiger charge is 2.26. The number of benzene rings is 1. The maximum Gasteiger partial charge on any atom is 0.322 e. The molecule has 1 aliphatic rings. The first-order valence-corrected chi connectivity index (χ1v) is 8.21. The Balaban J connectivity index is 2.13. The molecule has 1 amide bonds. The van der Waals surface area contributed by atoms with Gasteiger partial charge in [0.15, 0.2) is 0 Å². The normalized spacial score (nSPS) is 14.9. The second-order valence-electron chi connectivity index (χ2n) is 6.23. The molecule has 0 atom stereocenters. The summed E-state index contributed by atoms with van der Waals surface area (Å²) >= 11 is 0. The average Bonchev–Trinajstić information content (AvgIpc) is 3.17. The van der Waals surface area contributed by atoms with Gasteiger partial charge in [-0.3, -0.25) is 9.59 Å². The summed E-state index contributed by atoms with van der Waals surface area (Å²) in [5.74, 6) is -0.735. The summed E-state index contributed by atoms with van der Waals surface area (Å²) in [4.78, 5) is 23.3. The summed E-state index contributed by atoms with van der Waals surface area (Å²) in [6, 6.07) is 6.12. The van der Waals surface area contributed by atoms with Crippen molar-refractivity contribution in [2.24, 2.45) is 0 Å². The molecule has 2 aromatic rings. The molecule has 1 aliphatic carbocycles. The number of nitrogens with zero attached hydrogens (tertiary/aromatic N) is 1. The van der Waals surface area contributed by atoms with Crippen molar-refractivity contribution in [2.75, 3.05) is 13.7 Å². The number of ether oxygens (including phenoxy) is 1. The molecule has 24 heavy (non-hydrogen) atoms. The van der Waals surface area contributed by atoms with E-state index >= 15 is 0 Å². The summed E-state index contributed by atoms with van der Waals surface area (Å²) in [6.07, 6.45) is 4.60. The van der Waals surface area contributed by atoms with Gasteiger partial charge in [0.25, 0.3) is 5.91 Å². The minimum absolute atomic E-state index is 0.357. The maximum atomic E-state index is 12.6. The Hall–Kier alpha value is -2.50. The van der Waals surface area contributed by atoms with E-state index in [0.717, 1.165) is 29.4 Å².